The van der Waals surface area contributed by atoms with Gasteiger partial charge in [0.25, 0.3) is 0 Å². The second-order valence-corrected chi connectivity index (χ2v) is 5.84. The van der Waals surface area contributed by atoms with E-state index in [4.69, 9.17) is 9.15 Å². The van der Waals surface area contributed by atoms with Gasteiger partial charge in [-0.25, -0.2) is 0 Å². The summed E-state index contributed by atoms with van der Waals surface area (Å²) in [4.78, 5) is 4.67. The molecule has 2 atom stereocenters. The molecule has 0 bridgehead atoms. The van der Waals surface area contributed by atoms with E-state index >= 15 is 0 Å². The van der Waals surface area contributed by atoms with Crippen molar-refractivity contribution in [3.8, 4) is 0 Å². The molecule has 0 aliphatic rings. The Hall–Kier alpha value is -2.27. The summed E-state index contributed by atoms with van der Waals surface area (Å²) in [6.07, 6.45) is 2.47. The van der Waals surface area contributed by atoms with Gasteiger partial charge in [0.15, 0.2) is 5.96 Å². The molecule has 5 heteroatoms. The van der Waals surface area contributed by atoms with Crippen LogP contribution in [0, 0.1) is 0 Å². The van der Waals surface area contributed by atoms with Crippen LogP contribution in [-0.2, 0) is 11.2 Å². The van der Waals surface area contributed by atoms with Crippen LogP contribution in [0.25, 0.3) is 0 Å². The number of nitrogens with zero attached hydrogens (tertiary/aromatic N) is 1. The first-order chi connectivity index (χ1) is 11.7. The summed E-state index contributed by atoms with van der Waals surface area (Å²) >= 11 is 0. The maximum atomic E-state index is 5.36. The first-order valence-corrected chi connectivity index (χ1v) is 8.33. The zero-order valence-electron chi connectivity index (χ0n) is 14.7. The number of benzene rings is 1. The Labute approximate surface area is 144 Å². The van der Waals surface area contributed by atoms with Crippen molar-refractivity contribution in [3.63, 3.8) is 0 Å². The highest BCUT2D eigenvalue weighted by Crippen LogP contribution is 2.11. The number of hydrogen-bond donors (Lipinski definition) is 2. The van der Waals surface area contributed by atoms with E-state index in [0.717, 1.165) is 18.1 Å². The molecule has 1 aromatic carbocycles. The van der Waals surface area contributed by atoms with Gasteiger partial charge in [-0.05, 0) is 31.5 Å². The van der Waals surface area contributed by atoms with Gasteiger partial charge in [-0.3, -0.25) is 4.99 Å². The molecule has 0 fully saturated rings. The molecular formula is C19H27N3O2. The van der Waals surface area contributed by atoms with Gasteiger partial charge in [0.2, 0.25) is 0 Å². The molecule has 0 amide bonds. The lowest BCUT2D eigenvalue weighted by molar-refractivity contribution is 0.179. The number of aliphatic imine (C=N–C) groups is 1. The highest BCUT2D eigenvalue weighted by Gasteiger charge is 2.10. The topological polar surface area (TPSA) is 58.8 Å². The Kier molecular flexibility index (Phi) is 7.36. The SMILES string of the molecule is COCC(C)NC(=NCCc1ccco1)NC(C)c1ccccc1. The Bertz CT molecular complexity index is 596. The predicted molar refractivity (Wildman–Crippen MR) is 97.2 cm³/mol. The summed E-state index contributed by atoms with van der Waals surface area (Å²) in [7, 11) is 1.70. The normalized spacial score (nSPS) is 14.2. The number of rotatable bonds is 8. The zero-order valence-corrected chi connectivity index (χ0v) is 14.7. The number of nitrogens with one attached hydrogen (secondary N) is 2. The van der Waals surface area contributed by atoms with Crippen molar-refractivity contribution in [2.75, 3.05) is 20.3 Å². The maximum Gasteiger partial charge on any atom is 0.192 e. The zero-order chi connectivity index (χ0) is 17.2. The third-order valence-electron chi connectivity index (χ3n) is 3.66. The fourth-order valence-electron chi connectivity index (χ4n) is 2.42. The van der Waals surface area contributed by atoms with Crippen molar-refractivity contribution in [1.29, 1.82) is 0 Å². The van der Waals surface area contributed by atoms with E-state index < -0.39 is 0 Å². The third kappa shape index (κ3) is 6.08. The molecule has 24 heavy (non-hydrogen) atoms. The summed E-state index contributed by atoms with van der Waals surface area (Å²) < 4.78 is 10.6. The van der Waals surface area contributed by atoms with Crippen molar-refractivity contribution in [1.82, 2.24) is 10.6 Å². The van der Waals surface area contributed by atoms with Crippen LogP contribution in [0.2, 0.25) is 0 Å². The molecule has 0 aliphatic heterocycles. The minimum atomic E-state index is 0.163. The minimum Gasteiger partial charge on any atom is -0.469 e. The lowest BCUT2D eigenvalue weighted by Gasteiger charge is -2.21. The van der Waals surface area contributed by atoms with Crippen LogP contribution in [-0.4, -0.2) is 32.3 Å². The van der Waals surface area contributed by atoms with Gasteiger partial charge in [-0.15, -0.1) is 0 Å². The smallest absolute Gasteiger partial charge is 0.192 e. The first kappa shape index (κ1) is 18.1. The molecule has 1 heterocycles. The summed E-state index contributed by atoms with van der Waals surface area (Å²) in [5.74, 6) is 1.72. The molecule has 2 N–H and O–H groups in total. The van der Waals surface area contributed by atoms with E-state index in [2.05, 4.69) is 41.6 Å². The Morgan fingerprint density at radius 2 is 1.92 bits per heavy atom. The number of hydrogen-bond acceptors (Lipinski definition) is 3. The highest BCUT2D eigenvalue weighted by molar-refractivity contribution is 5.80. The minimum absolute atomic E-state index is 0.163. The molecule has 0 aliphatic carbocycles. The van der Waals surface area contributed by atoms with Crippen LogP contribution in [0.4, 0.5) is 0 Å². The standard InChI is InChI=1S/C19H27N3O2/c1-15(14-23-3)21-19(20-12-11-18-10-7-13-24-18)22-16(2)17-8-5-4-6-9-17/h4-10,13,15-16H,11-12,14H2,1-3H3,(H2,20,21,22). The lowest BCUT2D eigenvalue weighted by atomic mass is 10.1. The summed E-state index contributed by atoms with van der Waals surface area (Å²) in [5, 5.41) is 6.84. The van der Waals surface area contributed by atoms with Crippen LogP contribution in [0.5, 0.6) is 0 Å². The van der Waals surface area contributed by atoms with Crippen LogP contribution in [0.3, 0.4) is 0 Å². The average molecular weight is 329 g/mol. The van der Waals surface area contributed by atoms with Crippen molar-refractivity contribution in [3.05, 3.63) is 60.1 Å². The van der Waals surface area contributed by atoms with Gasteiger partial charge < -0.3 is 19.8 Å². The Morgan fingerprint density at radius 1 is 1.12 bits per heavy atom. The van der Waals surface area contributed by atoms with Gasteiger partial charge in [0.1, 0.15) is 5.76 Å². The number of methoxy groups -OCH3 is 1. The van der Waals surface area contributed by atoms with Gasteiger partial charge in [-0.1, -0.05) is 30.3 Å². The second-order valence-electron chi connectivity index (χ2n) is 5.84. The van der Waals surface area contributed by atoms with E-state index in [1.165, 1.54) is 5.56 Å². The van der Waals surface area contributed by atoms with E-state index in [-0.39, 0.29) is 12.1 Å². The summed E-state index contributed by atoms with van der Waals surface area (Å²) in [5.41, 5.74) is 1.22. The Balaban J connectivity index is 1.98. The number of guanidine groups is 1. The quantitative estimate of drug-likeness (QED) is 0.577. The van der Waals surface area contributed by atoms with Crippen LogP contribution < -0.4 is 10.6 Å². The number of ether oxygens (including phenoxy) is 1. The van der Waals surface area contributed by atoms with Crippen molar-refractivity contribution in [2.24, 2.45) is 4.99 Å². The molecule has 2 rings (SSSR count). The molecule has 2 aromatic rings. The van der Waals surface area contributed by atoms with Gasteiger partial charge in [0, 0.05) is 26.1 Å². The van der Waals surface area contributed by atoms with E-state index in [0.29, 0.717) is 13.2 Å². The van der Waals surface area contributed by atoms with Crippen molar-refractivity contribution >= 4 is 5.96 Å². The first-order valence-electron chi connectivity index (χ1n) is 8.33. The predicted octanol–water partition coefficient (Wildman–Crippen LogP) is 3.15. The monoisotopic (exact) mass is 329 g/mol. The fraction of sp³-hybridized carbons (Fsp3) is 0.421. The Morgan fingerprint density at radius 3 is 2.58 bits per heavy atom. The van der Waals surface area contributed by atoms with E-state index in [1.807, 2.05) is 30.3 Å². The maximum absolute atomic E-state index is 5.36. The summed E-state index contributed by atoms with van der Waals surface area (Å²) in [6.45, 7) is 5.48. The largest absolute Gasteiger partial charge is 0.469 e. The molecule has 0 saturated heterocycles. The van der Waals surface area contributed by atoms with E-state index in [9.17, 15) is 0 Å². The molecule has 0 saturated carbocycles. The molecule has 0 spiro atoms. The highest BCUT2D eigenvalue weighted by atomic mass is 16.5. The number of furan rings is 1. The van der Waals surface area contributed by atoms with Crippen LogP contribution >= 0.6 is 0 Å². The van der Waals surface area contributed by atoms with Crippen molar-refractivity contribution < 1.29 is 9.15 Å². The van der Waals surface area contributed by atoms with Crippen LogP contribution in [0.1, 0.15) is 31.2 Å². The molecular weight excluding hydrogens is 302 g/mol. The van der Waals surface area contributed by atoms with Crippen LogP contribution in [0.15, 0.2) is 58.1 Å². The average Bonchev–Trinajstić information content (AvgIpc) is 3.09. The summed E-state index contributed by atoms with van der Waals surface area (Å²) in [6, 6.07) is 14.5. The van der Waals surface area contributed by atoms with E-state index in [1.54, 1.807) is 13.4 Å². The van der Waals surface area contributed by atoms with Crippen molar-refractivity contribution in [2.45, 2.75) is 32.4 Å². The lowest BCUT2D eigenvalue weighted by Crippen LogP contribution is -2.45. The molecule has 5 nitrogen and oxygen atoms in total. The van der Waals surface area contributed by atoms with Gasteiger partial charge >= 0.3 is 0 Å². The molecule has 1 aromatic heterocycles. The molecule has 0 radical (unpaired) electrons. The molecule has 2 unspecified atom stereocenters. The van der Waals surface area contributed by atoms with Gasteiger partial charge in [-0.2, -0.15) is 0 Å². The fourth-order valence-corrected chi connectivity index (χ4v) is 2.42. The third-order valence-corrected chi connectivity index (χ3v) is 3.66. The second kappa shape index (κ2) is 9.78. The molecule has 130 valence electrons. The van der Waals surface area contributed by atoms with Gasteiger partial charge in [0.05, 0.1) is 18.9 Å².